The maximum atomic E-state index is 13.4. The first-order valence-electron chi connectivity index (χ1n) is 12.8. The third kappa shape index (κ3) is 5.91. The van der Waals surface area contributed by atoms with Crippen molar-refractivity contribution in [2.45, 2.75) is 51.5 Å². The molecular weight excluding hydrogens is 540 g/mol. The first kappa shape index (κ1) is 28.9. The van der Waals surface area contributed by atoms with Gasteiger partial charge in [-0.05, 0) is 45.7 Å². The Balaban J connectivity index is 1.68. The molecule has 2 atom stereocenters. The lowest BCUT2D eigenvalue weighted by molar-refractivity contribution is -0.122. The molecule has 1 aromatic carbocycles. The number of ether oxygens (including phenoxy) is 1. The van der Waals surface area contributed by atoms with E-state index in [1.807, 2.05) is 13.8 Å². The fourth-order valence-corrected chi connectivity index (χ4v) is 5.75. The summed E-state index contributed by atoms with van der Waals surface area (Å²) in [5, 5.41) is 13.4. The first-order valence-corrected chi connectivity index (χ1v) is 14.2. The zero-order chi connectivity index (χ0) is 29.4. The maximum absolute atomic E-state index is 13.4. The van der Waals surface area contributed by atoms with Crippen LogP contribution in [0.3, 0.4) is 0 Å². The van der Waals surface area contributed by atoms with Crippen LogP contribution in [-0.2, 0) is 19.6 Å². The molecule has 0 aliphatic carbocycles. The van der Waals surface area contributed by atoms with Gasteiger partial charge in [0.1, 0.15) is 11.1 Å². The third-order valence-corrected chi connectivity index (χ3v) is 8.22. The van der Waals surface area contributed by atoms with Crippen LogP contribution < -0.4 is 4.90 Å². The van der Waals surface area contributed by atoms with E-state index in [-0.39, 0.29) is 46.7 Å². The van der Waals surface area contributed by atoms with E-state index >= 15 is 0 Å². The molecule has 0 saturated carbocycles. The molecule has 1 aliphatic heterocycles. The number of aryl methyl sites for hydroxylation is 1. The molecule has 1 saturated heterocycles. The van der Waals surface area contributed by atoms with Crippen LogP contribution in [0.5, 0.6) is 0 Å². The minimum absolute atomic E-state index is 0.0207. The minimum Gasteiger partial charge on any atom is -0.465 e. The van der Waals surface area contributed by atoms with Crippen molar-refractivity contribution in [2.75, 3.05) is 24.5 Å². The molecule has 2 amide bonds. The molecule has 2 aromatic heterocycles. The highest BCUT2D eigenvalue weighted by atomic mass is 32.2. The second kappa shape index (κ2) is 10.8. The summed E-state index contributed by atoms with van der Waals surface area (Å²) in [6.07, 6.45) is 1.02. The number of rotatable bonds is 7. The van der Waals surface area contributed by atoms with Crippen LogP contribution in [0, 0.1) is 18.8 Å². The zero-order valence-corrected chi connectivity index (χ0v) is 23.8. The Bertz CT molecular complexity index is 1550. The summed E-state index contributed by atoms with van der Waals surface area (Å²) in [4.78, 5) is 49.0. The number of amides is 2. The molecule has 1 fully saturated rings. The summed E-state index contributed by atoms with van der Waals surface area (Å²) >= 11 is 0. The predicted molar refractivity (Wildman–Crippen MR) is 145 cm³/mol. The normalized spacial score (nSPS) is 17.7. The van der Waals surface area contributed by atoms with Crippen LogP contribution in [0.1, 0.15) is 39.7 Å². The second-order valence-electron chi connectivity index (χ2n) is 10.7. The maximum Gasteiger partial charge on any atom is 0.416 e. The van der Waals surface area contributed by atoms with Gasteiger partial charge in [-0.3, -0.25) is 9.69 Å². The van der Waals surface area contributed by atoms with Gasteiger partial charge >= 0.3 is 12.2 Å². The lowest BCUT2D eigenvalue weighted by atomic mass is 9.90. The summed E-state index contributed by atoms with van der Waals surface area (Å²) in [6.45, 7) is 8.57. The Hall–Kier alpha value is -4.07. The van der Waals surface area contributed by atoms with E-state index in [1.54, 1.807) is 32.9 Å². The van der Waals surface area contributed by atoms with E-state index in [0.717, 1.165) is 14.6 Å². The number of nitrogens with zero attached hydrogens (tertiary/aromatic N) is 6. The standard InChI is InChI=1S/C26H32N6O7S/c1-6-17-13-30(24(34)35)14-19(17)21(33)15-31(25(36)39-26(3,4)5)22-12-27-23-20(29-22)11-28-32(23)40(37,38)18-9-7-16(2)8-10-18/h7-12,17,19H,6,13-15H2,1-5H3,(H,34,35)/t17-,19-/m1/s1. The van der Waals surface area contributed by atoms with Gasteiger partial charge in [0.25, 0.3) is 10.0 Å². The first-order chi connectivity index (χ1) is 18.7. The summed E-state index contributed by atoms with van der Waals surface area (Å²) in [6, 6.07) is 6.27. The Morgan fingerprint density at radius 2 is 1.80 bits per heavy atom. The molecule has 0 bridgehead atoms. The van der Waals surface area contributed by atoms with E-state index in [1.165, 1.54) is 29.4 Å². The van der Waals surface area contributed by atoms with E-state index in [0.29, 0.717) is 6.42 Å². The summed E-state index contributed by atoms with van der Waals surface area (Å²) in [7, 11) is -4.07. The number of carbonyl (C=O) groups is 3. The fraction of sp³-hybridized carbons (Fsp3) is 0.462. The van der Waals surface area contributed by atoms with Gasteiger partial charge in [-0.15, -0.1) is 4.09 Å². The molecule has 1 aliphatic rings. The highest BCUT2D eigenvalue weighted by Crippen LogP contribution is 2.29. The minimum atomic E-state index is -4.07. The van der Waals surface area contributed by atoms with Crippen molar-refractivity contribution in [3.63, 3.8) is 0 Å². The fourth-order valence-electron chi connectivity index (χ4n) is 4.53. The lowest BCUT2D eigenvalue weighted by Crippen LogP contribution is -2.43. The van der Waals surface area contributed by atoms with Crippen molar-refractivity contribution in [3.05, 3.63) is 42.2 Å². The van der Waals surface area contributed by atoms with Gasteiger partial charge in [0.15, 0.2) is 17.2 Å². The van der Waals surface area contributed by atoms with Crippen LogP contribution in [0.4, 0.5) is 15.4 Å². The van der Waals surface area contributed by atoms with Gasteiger partial charge in [0.2, 0.25) is 0 Å². The number of hydrogen-bond donors (Lipinski definition) is 1. The van der Waals surface area contributed by atoms with Gasteiger partial charge in [-0.1, -0.05) is 31.0 Å². The molecule has 0 spiro atoms. The summed E-state index contributed by atoms with van der Waals surface area (Å²) < 4.78 is 32.7. The molecule has 13 nitrogen and oxygen atoms in total. The van der Waals surface area contributed by atoms with Crippen LogP contribution >= 0.6 is 0 Å². The number of likely N-dealkylation sites (tertiary alicyclic amines) is 1. The quantitative estimate of drug-likeness (QED) is 0.444. The molecule has 4 rings (SSSR count). The van der Waals surface area contributed by atoms with Gasteiger partial charge in [0.05, 0.1) is 23.8 Å². The number of ketones is 1. The Labute approximate surface area is 231 Å². The second-order valence-corrected chi connectivity index (χ2v) is 12.5. The van der Waals surface area contributed by atoms with Gasteiger partial charge in [-0.2, -0.15) is 13.5 Å². The molecular formula is C26H32N6O7S. The average Bonchev–Trinajstić information content (AvgIpc) is 3.51. The van der Waals surface area contributed by atoms with Gasteiger partial charge < -0.3 is 14.7 Å². The third-order valence-electron chi connectivity index (χ3n) is 6.63. The van der Waals surface area contributed by atoms with E-state index in [9.17, 15) is 27.9 Å². The van der Waals surface area contributed by atoms with Crippen LogP contribution in [-0.4, -0.2) is 80.8 Å². The number of carboxylic acid groups (broad SMARTS) is 1. The number of fused-ring (bicyclic) bond motifs is 1. The van der Waals surface area contributed by atoms with E-state index < -0.39 is 40.3 Å². The SMILES string of the molecule is CC[C@@H]1CN(C(=O)O)C[C@H]1C(=O)CN(C(=O)OC(C)(C)C)c1cnc2c(cnn2S(=O)(=O)c2ccc(C)cc2)n1. The predicted octanol–water partition coefficient (Wildman–Crippen LogP) is 3.32. The Morgan fingerprint density at radius 3 is 2.40 bits per heavy atom. The molecule has 0 unspecified atom stereocenters. The van der Waals surface area contributed by atoms with Crippen molar-refractivity contribution < 1.29 is 32.6 Å². The van der Waals surface area contributed by atoms with Crippen LogP contribution in [0.25, 0.3) is 11.2 Å². The average molecular weight is 573 g/mol. The number of benzene rings is 1. The Morgan fingerprint density at radius 1 is 1.12 bits per heavy atom. The summed E-state index contributed by atoms with van der Waals surface area (Å²) in [5.74, 6) is -1.18. The number of aromatic nitrogens is 4. The topological polar surface area (TPSA) is 165 Å². The van der Waals surface area contributed by atoms with Crippen LogP contribution in [0.15, 0.2) is 41.6 Å². The summed E-state index contributed by atoms with van der Waals surface area (Å²) in [5.41, 5.74) is 0.0313. The van der Waals surface area contributed by atoms with Gasteiger partial charge in [0, 0.05) is 19.0 Å². The van der Waals surface area contributed by atoms with Crippen molar-refractivity contribution in [1.29, 1.82) is 0 Å². The number of carbonyl (C=O) groups excluding carboxylic acids is 2. The van der Waals surface area contributed by atoms with Crippen molar-refractivity contribution >= 4 is 45.0 Å². The highest BCUT2D eigenvalue weighted by Gasteiger charge is 2.40. The highest BCUT2D eigenvalue weighted by molar-refractivity contribution is 7.90. The number of hydrogen-bond acceptors (Lipinski definition) is 9. The van der Waals surface area contributed by atoms with E-state index in [4.69, 9.17) is 4.74 Å². The number of anilines is 1. The largest absolute Gasteiger partial charge is 0.465 e. The Kier molecular flexibility index (Phi) is 7.83. The molecule has 14 heteroatoms. The van der Waals surface area contributed by atoms with Gasteiger partial charge in [-0.25, -0.2) is 19.6 Å². The van der Waals surface area contributed by atoms with Crippen molar-refractivity contribution in [2.24, 2.45) is 11.8 Å². The smallest absolute Gasteiger partial charge is 0.416 e. The van der Waals surface area contributed by atoms with Crippen molar-refractivity contribution in [1.82, 2.24) is 24.1 Å². The molecule has 214 valence electrons. The molecule has 0 radical (unpaired) electrons. The van der Waals surface area contributed by atoms with Crippen molar-refractivity contribution in [3.8, 4) is 0 Å². The number of Topliss-reactive ketones (excluding diaryl/α,β-unsaturated/α-hetero) is 1. The van der Waals surface area contributed by atoms with Crippen LogP contribution in [0.2, 0.25) is 0 Å². The lowest BCUT2D eigenvalue weighted by Gasteiger charge is -2.27. The van der Waals surface area contributed by atoms with E-state index in [2.05, 4.69) is 15.1 Å². The molecule has 40 heavy (non-hydrogen) atoms. The molecule has 3 aromatic rings. The molecule has 3 heterocycles. The zero-order valence-electron chi connectivity index (χ0n) is 22.9. The monoisotopic (exact) mass is 572 g/mol. The molecule has 1 N–H and O–H groups in total.